The molecule has 0 aliphatic carbocycles. The van der Waals surface area contributed by atoms with E-state index in [1.165, 1.54) is 0 Å². The minimum Gasteiger partial charge on any atom is -0.396 e. The summed E-state index contributed by atoms with van der Waals surface area (Å²) in [4.78, 5) is 0. The highest BCUT2D eigenvalue weighted by Gasteiger charge is 2.47. The Bertz CT molecular complexity index is 436. The summed E-state index contributed by atoms with van der Waals surface area (Å²) in [6.07, 6.45) is 0. The van der Waals surface area contributed by atoms with Crippen LogP contribution in [0.2, 0.25) is 19.6 Å². The molecule has 0 aliphatic heterocycles. The third kappa shape index (κ3) is 3.01. The molecule has 0 heterocycles. The van der Waals surface area contributed by atoms with Gasteiger partial charge in [0.2, 0.25) is 0 Å². The van der Waals surface area contributed by atoms with Gasteiger partial charge in [-0.25, -0.2) is 0 Å². The highest BCUT2D eigenvalue weighted by Crippen LogP contribution is 2.44. The van der Waals surface area contributed by atoms with E-state index in [1.807, 2.05) is 30.3 Å². The smallest absolute Gasteiger partial charge is 0.186 e. The van der Waals surface area contributed by atoms with Crippen molar-refractivity contribution in [3.8, 4) is 6.07 Å². The van der Waals surface area contributed by atoms with Crippen LogP contribution in [-0.4, -0.2) is 8.32 Å². The summed E-state index contributed by atoms with van der Waals surface area (Å²) in [5.74, 6) is 0. The molecule has 0 N–H and O–H groups in total. The van der Waals surface area contributed by atoms with Crippen molar-refractivity contribution in [3.63, 3.8) is 0 Å². The Balaban J connectivity index is 3.39. The second-order valence-corrected chi connectivity index (χ2v) is 11.1. The summed E-state index contributed by atoms with van der Waals surface area (Å²) in [7, 11) is -1.83. The zero-order chi connectivity index (χ0) is 14.0. The lowest BCUT2D eigenvalue weighted by Gasteiger charge is -2.43. The van der Waals surface area contributed by atoms with E-state index in [0.717, 1.165) is 5.56 Å². The number of hydrogen-bond acceptors (Lipinski definition) is 2. The molecular formula is C15H23NOSi. The highest BCUT2D eigenvalue weighted by atomic mass is 28.4. The molecular weight excluding hydrogens is 238 g/mol. The molecule has 1 aromatic carbocycles. The quantitative estimate of drug-likeness (QED) is 0.760. The number of nitriles is 1. The fourth-order valence-electron chi connectivity index (χ4n) is 2.03. The van der Waals surface area contributed by atoms with Gasteiger partial charge >= 0.3 is 0 Å². The monoisotopic (exact) mass is 261 g/mol. The number of nitrogens with zero attached hydrogens (tertiary/aromatic N) is 1. The first-order chi connectivity index (χ1) is 8.12. The maximum Gasteiger partial charge on any atom is 0.186 e. The average molecular weight is 261 g/mol. The van der Waals surface area contributed by atoms with E-state index < -0.39 is 13.9 Å². The van der Waals surface area contributed by atoms with Gasteiger partial charge in [0.05, 0.1) is 0 Å². The van der Waals surface area contributed by atoms with Crippen molar-refractivity contribution in [3.05, 3.63) is 35.9 Å². The van der Waals surface area contributed by atoms with Crippen LogP contribution in [0.25, 0.3) is 0 Å². The maximum atomic E-state index is 9.78. The van der Waals surface area contributed by atoms with Crippen LogP contribution in [-0.2, 0) is 10.0 Å². The normalized spacial score (nSPS) is 15.8. The SMILES string of the molecule is CC(C)(C)C(C#N)(O[Si](C)(C)C)c1ccccc1. The molecule has 2 nitrogen and oxygen atoms in total. The maximum absolute atomic E-state index is 9.78. The van der Waals surface area contributed by atoms with Crippen molar-refractivity contribution in [1.29, 1.82) is 5.26 Å². The average Bonchev–Trinajstić information content (AvgIpc) is 2.24. The van der Waals surface area contributed by atoms with Crippen LogP contribution in [0.3, 0.4) is 0 Å². The summed E-state index contributed by atoms with van der Waals surface area (Å²) in [6.45, 7) is 12.5. The molecule has 18 heavy (non-hydrogen) atoms. The van der Waals surface area contributed by atoms with E-state index in [1.54, 1.807) is 0 Å². The lowest BCUT2D eigenvalue weighted by Crippen LogP contribution is -2.48. The Morgan fingerprint density at radius 1 is 1.06 bits per heavy atom. The summed E-state index contributed by atoms with van der Waals surface area (Å²) in [5.41, 5.74) is -0.204. The van der Waals surface area contributed by atoms with Gasteiger partial charge in [-0.15, -0.1) is 0 Å². The van der Waals surface area contributed by atoms with Crippen LogP contribution in [0, 0.1) is 16.7 Å². The predicted molar refractivity (Wildman–Crippen MR) is 77.6 cm³/mol. The van der Waals surface area contributed by atoms with Crippen LogP contribution in [0.1, 0.15) is 26.3 Å². The molecule has 0 aromatic heterocycles. The Labute approximate surface area is 112 Å². The molecule has 0 bridgehead atoms. The molecule has 1 unspecified atom stereocenters. The van der Waals surface area contributed by atoms with Crippen molar-refractivity contribution < 1.29 is 4.43 Å². The molecule has 98 valence electrons. The van der Waals surface area contributed by atoms with E-state index in [0.29, 0.717) is 0 Å². The van der Waals surface area contributed by atoms with Gasteiger partial charge in [-0.1, -0.05) is 51.1 Å². The number of rotatable bonds is 3. The van der Waals surface area contributed by atoms with Gasteiger partial charge in [0, 0.05) is 5.41 Å². The van der Waals surface area contributed by atoms with E-state index in [2.05, 4.69) is 46.5 Å². The van der Waals surface area contributed by atoms with Gasteiger partial charge in [0.15, 0.2) is 13.9 Å². The molecule has 0 spiro atoms. The molecule has 1 rings (SSSR count). The van der Waals surface area contributed by atoms with Gasteiger partial charge in [-0.2, -0.15) is 5.26 Å². The summed E-state index contributed by atoms with van der Waals surface area (Å²) in [6, 6.07) is 12.3. The molecule has 1 atom stereocenters. The third-order valence-corrected chi connectivity index (χ3v) is 3.77. The van der Waals surface area contributed by atoms with Gasteiger partial charge in [0.1, 0.15) is 6.07 Å². The fraction of sp³-hybridized carbons (Fsp3) is 0.533. The van der Waals surface area contributed by atoms with Gasteiger partial charge < -0.3 is 4.43 Å². The molecule has 1 aromatic rings. The second-order valence-electron chi connectivity index (χ2n) is 6.62. The van der Waals surface area contributed by atoms with Crippen molar-refractivity contribution in [2.45, 2.75) is 46.0 Å². The van der Waals surface area contributed by atoms with Gasteiger partial charge in [-0.3, -0.25) is 0 Å². The minimum absolute atomic E-state index is 0.274. The van der Waals surface area contributed by atoms with Crippen molar-refractivity contribution in [2.24, 2.45) is 5.41 Å². The fourth-order valence-corrected chi connectivity index (χ4v) is 3.42. The van der Waals surface area contributed by atoms with Crippen molar-refractivity contribution >= 4 is 8.32 Å². The molecule has 0 aliphatic rings. The van der Waals surface area contributed by atoms with Crippen molar-refractivity contribution in [2.75, 3.05) is 0 Å². The van der Waals surface area contributed by atoms with Crippen LogP contribution >= 0.6 is 0 Å². The first-order valence-corrected chi connectivity index (χ1v) is 9.70. The Morgan fingerprint density at radius 2 is 1.56 bits per heavy atom. The molecule has 0 fully saturated rings. The molecule has 3 heteroatoms. The van der Waals surface area contributed by atoms with E-state index in [9.17, 15) is 5.26 Å². The van der Waals surface area contributed by atoms with Gasteiger partial charge in [-0.05, 0) is 25.2 Å². The van der Waals surface area contributed by atoms with E-state index in [-0.39, 0.29) is 5.41 Å². The lowest BCUT2D eigenvalue weighted by atomic mass is 9.73. The topological polar surface area (TPSA) is 33.0 Å². The van der Waals surface area contributed by atoms with Crippen LogP contribution in [0.4, 0.5) is 0 Å². The Hall–Kier alpha value is -1.11. The van der Waals surface area contributed by atoms with Crippen LogP contribution in [0.15, 0.2) is 30.3 Å². The first-order valence-electron chi connectivity index (χ1n) is 6.29. The lowest BCUT2D eigenvalue weighted by molar-refractivity contribution is 0.00690. The predicted octanol–water partition coefficient (Wildman–Crippen LogP) is 4.30. The Kier molecular flexibility index (Phi) is 4.04. The molecule has 0 amide bonds. The minimum atomic E-state index is -1.83. The van der Waals surface area contributed by atoms with E-state index in [4.69, 9.17) is 4.43 Å². The Morgan fingerprint density at radius 3 is 1.89 bits per heavy atom. The largest absolute Gasteiger partial charge is 0.396 e. The first kappa shape index (κ1) is 14.9. The number of hydrogen-bond donors (Lipinski definition) is 0. The summed E-state index contributed by atoms with van der Waals surface area (Å²) in [5, 5.41) is 9.78. The molecule has 0 saturated heterocycles. The third-order valence-electron chi connectivity index (χ3n) is 2.85. The van der Waals surface area contributed by atoms with E-state index >= 15 is 0 Å². The zero-order valence-corrected chi connectivity index (χ0v) is 13.2. The number of benzene rings is 1. The highest BCUT2D eigenvalue weighted by molar-refractivity contribution is 6.69. The standard InChI is InChI=1S/C15H23NOSi/c1-14(2,3)15(12-16,17-18(4,5)6)13-10-8-7-9-11-13/h7-11H,1-6H3. The van der Waals surface area contributed by atoms with Crippen molar-refractivity contribution in [1.82, 2.24) is 0 Å². The summed E-state index contributed by atoms with van der Waals surface area (Å²) < 4.78 is 6.30. The van der Waals surface area contributed by atoms with Gasteiger partial charge in [0.25, 0.3) is 0 Å². The van der Waals surface area contributed by atoms with Crippen LogP contribution < -0.4 is 0 Å². The van der Waals surface area contributed by atoms with Crippen LogP contribution in [0.5, 0.6) is 0 Å². The zero-order valence-electron chi connectivity index (χ0n) is 12.2. The second kappa shape index (κ2) is 4.87. The summed E-state index contributed by atoms with van der Waals surface area (Å²) >= 11 is 0. The molecule has 0 radical (unpaired) electrons. The molecule has 0 saturated carbocycles.